The van der Waals surface area contributed by atoms with Crippen molar-refractivity contribution in [3.8, 4) is 0 Å². The Morgan fingerprint density at radius 2 is 1.48 bits per heavy atom. The highest BCUT2D eigenvalue weighted by molar-refractivity contribution is 5.94. The van der Waals surface area contributed by atoms with E-state index >= 15 is 0 Å². The van der Waals surface area contributed by atoms with E-state index in [9.17, 15) is 4.79 Å². The van der Waals surface area contributed by atoms with E-state index < -0.39 is 0 Å². The van der Waals surface area contributed by atoms with Gasteiger partial charge < -0.3 is 14.4 Å². The quantitative estimate of drug-likeness (QED) is 0.832. The summed E-state index contributed by atoms with van der Waals surface area (Å²) in [6.07, 6.45) is 0. The lowest BCUT2D eigenvalue weighted by atomic mass is 10.1. The molecule has 1 aromatic rings. The molecule has 2 heterocycles. The van der Waals surface area contributed by atoms with Gasteiger partial charge in [-0.25, -0.2) is 0 Å². The van der Waals surface area contributed by atoms with Crippen LogP contribution in [0, 0.1) is 0 Å². The average molecular weight is 290 g/mol. The van der Waals surface area contributed by atoms with Gasteiger partial charge in [-0.1, -0.05) is 12.1 Å². The lowest BCUT2D eigenvalue weighted by molar-refractivity contribution is 0.0302. The molecule has 2 saturated heterocycles. The van der Waals surface area contributed by atoms with Gasteiger partial charge in [-0.2, -0.15) is 0 Å². The fourth-order valence-electron chi connectivity index (χ4n) is 2.72. The summed E-state index contributed by atoms with van der Waals surface area (Å²) in [7, 11) is 0. The molecule has 1 amide bonds. The van der Waals surface area contributed by atoms with Crippen LogP contribution in [0.4, 0.5) is 0 Å². The molecule has 2 aliphatic rings. The maximum atomic E-state index is 12.3. The maximum absolute atomic E-state index is 12.3. The Bertz CT molecular complexity index is 463. The van der Waals surface area contributed by atoms with E-state index in [0.29, 0.717) is 26.3 Å². The van der Waals surface area contributed by atoms with Crippen molar-refractivity contribution in [3.63, 3.8) is 0 Å². The zero-order chi connectivity index (χ0) is 14.5. The molecule has 0 unspecified atom stereocenters. The van der Waals surface area contributed by atoms with E-state index in [0.717, 1.165) is 38.4 Å². The normalized spacial score (nSPS) is 20.5. The van der Waals surface area contributed by atoms with Crippen LogP contribution in [0.5, 0.6) is 0 Å². The first-order valence-electron chi connectivity index (χ1n) is 7.59. The maximum Gasteiger partial charge on any atom is 0.254 e. The minimum atomic E-state index is 0.108. The van der Waals surface area contributed by atoms with E-state index in [4.69, 9.17) is 9.47 Å². The number of morpholine rings is 2. The fourth-order valence-corrected chi connectivity index (χ4v) is 2.72. The summed E-state index contributed by atoms with van der Waals surface area (Å²) in [5, 5.41) is 0. The molecule has 2 fully saturated rings. The second kappa shape index (κ2) is 7.02. The molecule has 0 radical (unpaired) electrons. The van der Waals surface area contributed by atoms with E-state index in [1.54, 1.807) is 0 Å². The van der Waals surface area contributed by atoms with Crippen molar-refractivity contribution in [1.82, 2.24) is 9.80 Å². The number of benzene rings is 1. The molecule has 0 aromatic heterocycles. The van der Waals surface area contributed by atoms with Crippen molar-refractivity contribution < 1.29 is 14.3 Å². The first-order valence-corrected chi connectivity index (χ1v) is 7.59. The summed E-state index contributed by atoms with van der Waals surface area (Å²) >= 11 is 0. The first-order chi connectivity index (χ1) is 10.3. The SMILES string of the molecule is O=C(c1ccc(CN2CCOCC2)cc1)N1CCOCC1. The Labute approximate surface area is 125 Å². The van der Waals surface area contributed by atoms with Gasteiger partial charge in [-0.05, 0) is 17.7 Å². The van der Waals surface area contributed by atoms with Crippen LogP contribution in [0.25, 0.3) is 0 Å². The highest BCUT2D eigenvalue weighted by atomic mass is 16.5. The van der Waals surface area contributed by atoms with E-state index in [-0.39, 0.29) is 5.91 Å². The molecule has 114 valence electrons. The van der Waals surface area contributed by atoms with E-state index in [1.165, 1.54) is 5.56 Å². The summed E-state index contributed by atoms with van der Waals surface area (Å²) in [5.41, 5.74) is 2.01. The molecule has 3 rings (SSSR count). The third-order valence-electron chi connectivity index (χ3n) is 4.01. The monoisotopic (exact) mass is 290 g/mol. The lowest BCUT2D eigenvalue weighted by Gasteiger charge is -2.27. The van der Waals surface area contributed by atoms with Gasteiger partial charge in [0.1, 0.15) is 0 Å². The molecule has 0 N–H and O–H groups in total. The predicted octanol–water partition coefficient (Wildman–Crippen LogP) is 0.991. The van der Waals surface area contributed by atoms with Crippen LogP contribution < -0.4 is 0 Å². The Balaban J connectivity index is 1.59. The van der Waals surface area contributed by atoms with Gasteiger partial charge in [-0.3, -0.25) is 9.69 Å². The third kappa shape index (κ3) is 3.81. The van der Waals surface area contributed by atoms with Gasteiger partial charge in [-0.15, -0.1) is 0 Å². The van der Waals surface area contributed by atoms with Crippen molar-refractivity contribution in [2.45, 2.75) is 6.54 Å². The molecule has 0 atom stereocenters. The second-order valence-corrected chi connectivity index (χ2v) is 5.49. The smallest absolute Gasteiger partial charge is 0.254 e. The third-order valence-corrected chi connectivity index (χ3v) is 4.01. The number of hydrogen-bond donors (Lipinski definition) is 0. The first kappa shape index (κ1) is 14.5. The molecule has 0 aliphatic carbocycles. The largest absolute Gasteiger partial charge is 0.379 e. The van der Waals surface area contributed by atoms with Gasteiger partial charge in [0.15, 0.2) is 0 Å². The topological polar surface area (TPSA) is 42.0 Å². The molecule has 5 heteroatoms. The molecular weight excluding hydrogens is 268 g/mol. The van der Waals surface area contributed by atoms with Gasteiger partial charge in [0.2, 0.25) is 0 Å². The lowest BCUT2D eigenvalue weighted by Crippen LogP contribution is -2.40. The van der Waals surface area contributed by atoms with Crippen molar-refractivity contribution >= 4 is 5.91 Å². The predicted molar refractivity (Wildman–Crippen MR) is 79.3 cm³/mol. The minimum Gasteiger partial charge on any atom is -0.379 e. The average Bonchev–Trinajstić information content (AvgIpc) is 2.57. The molecule has 0 saturated carbocycles. The highest BCUT2D eigenvalue weighted by Gasteiger charge is 2.18. The number of amides is 1. The molecular formula is C16H22N2O3. The zero-order valence-electron chi connectivity index (χ0n) is 12.3. The molecule has 21 heavy (non-hydrogen) atoms. The molecule has 1 aromatic carbocycles. The molecule has 0 spiro atoms. The fraction of sp³-hybridized carbons (Fsp3) is 0.562. The summed E-state index contributed by atoms with van der Waals surface area (Å²) in [6, 6.07) is 7.99. The summed E-state index contributed by atoms with van der Waals surface area (Å²) in [4.78, 5) is 16.6. The molecule has 5 nitrogen and oxygen atoms in total. The molecule has 2 aliphatic heterocycles. The van der Waals surface area contributed by atoms with Gasteiger partial charge in [0, 0.05) is 38.3 Å². The van der Waals surface area contributed by atoms with Crippen LogP contribution in [0.1, 0.15) is 15.9 Å². The Kier molecular flexibility index (Phi) is 4.85. The Morgan fingerprint density at radius 1 is 0.905 bits per heavy atom. The second-order valence-electron chi connectivity index (χ2n) is 5.49. The van der Waals surface area contributed by atoms with E-state index in [2.05, 4.69) is 17.0 Å². The van der Waals surface area contributed by atoms with Gasteiger partial charge in [0.25, 0.3) is 5.91 Å². The summed E-state index contributed by atoms with van der Waals surface area (Å²) in [6.45, 7) is 7.17. The van der Waals surface area contributed by atoms with Crippen molar-refractivity contribution in [2.24, 2.45) is 0 Å². The Hall–Kier alpha value is -1.43. The highest BCUT2D eigenvalue weighted by Crippen LogP contribution is 2.12. The standard InChI is InChI=1S/C16H22N2O3/c19-16(18-7-11-21-12-8-18)15-3-1-14(2-4-15)13-17-5-9-20-10-6-17/h1-4H,5-13H2. The number of rotatable bonds is 3. The summed E-state index contributed by atoms with van der Waals surface area (Å²) in [5.74, 6) is 0.108. The number of carbonyl (C=O) groups excluding carboxylic acids is 1. The van der Waals surface area contributed by atoms with Crippen molar-refractivity contribution in [2.75, 3.05) is 52.6 Å². The van der Waals surface area contributed by atoms with Crippen LogP contribution in [-0.2, 0) is 16.0 Å². The number of nitrogens with zero attached hydrogens (tertiary/aromatic N) is 2. The number of carbonyl (C=O) groups is 1. The van der Waals surface area contributed by atoms with Crippen molar-refractivity contribution in [1.29, 1.82) is 0 Å². The summed E-state index contributed by atoms with van der Waals surface area (Å²) < 4.78 is 10.6. The van der Waals surface area contributed by atoms with Crippen LogP contribution >= 0.6 is 0 Å². The van der Waals surface area contributed by atoms with Crippen LogP contribution in [0.2, 0.25) is 0 Å². The van der Waals surface area contributed by atoms with Crippen molar-refractivity contribution in [3.05, 3.63) is 35.4 Å². The van der Waals surface area contributed by atoms with Crippen LogP contribution in [-0.4, -0.2) is 68.3 Å². The number of ether oxygens (including phenoxy) is 2. The van der Waals surface area contributed by atoms with Gasteiger partial charge in [0.05, 0.1) is 26.4 Å². The minimum absolute atomic E-state index is 0.108. The van der Waals surface area contributed by atoms with Crippen LogP contribution in [0.15, 0.2) is 24.3 Å². The van der Waals surface area contributed by atoms with Crippen LogP contribution in [0.3, 0.4) is 0 Å². The van der Waals surface area contributed by atoms with Gasteiger partial charge >= 0.3 is 0 Å². The molecule has 0 bridgehead atoms. The zero-order valence-corrected chi connectivity index (χ0v) is 12.3. The Morgan fingerprint density at radius 3 is 2.10 bits per heavy atom. The van der Waals surface area contributed by atoms with E-state index in [1.807, 2.05) is 17.0 Å². The number of hydrogen-bond acceptors (Lipinski definition) is 4.